The highest BCUT2D eigenvalue weighted by atomic mass is 32.2. The first-order valence-corrected chi connectivity index (χ1v) is 11.7. The fourth-order valence-electron chi connectivity index (χ4n) is 2.74. The maximum absolute atomic E-state index is 7.84. The summed E-state index contributed by atoms with van der Waals surface area (Å²) < 4.78 is 10.9. The fourth-order valence-corrected chi connectivity index (χ4v) is 3.65. The molecule has 0 unspecified atom stereocenters. The molecule has 0 amide bonds. The van der Waals surface area contributed by atoms with Gasteiger partial charge in [-0.25, -0.2) is 4.98 Å². The number of pyridine rings is 1. The van der Waals surface area contributed by atoms with Crippen molar-refractivity contribution < 1.29 is 9.47 Å². The lowest BCUT2D eigenvalue weighted by atomic mass is 10.1. The minimum atomic E-state index is 0.633. The molecule has 0 bridgehead atoms. The van der Waals surface area contributed by atoms with Crippen molar-refractivity contribution in [3.63, 3.8) is 0 Å². The van der Waals surface area contributed by atoms with Crippen LogP contribution in [0.4, 0.5) is 0 Å². The molecule has 0 aliphatic rings. The maximum atomic E-state index is 7.84. The van der Waals surface area contributed by atoms with Gasteiger partial charge in [0, 0.05) is 49.1 Å². The second-order valence-corrected chi connectivity index (χ2v) is 8.52. The van der Waals surface area contributed by atoms with Crippen LogP contribution in [0.25, 0.3) is 21.5 Å². The van der Waals surface area contributed by atoms with Crippen molar-refractivity contribution in [1.29, 1.82) is 0 Å². The topological polar surface area (TPSA) is 109 Å². The van der Waals surface area contributed by atoms with Crippen LogP contribution in [0, 0.1) is 12.8 Å². The number of azide groups is 1. The number of aromatic amines is 1. The van der Waals surface area contributed by atoms with E-state index >= 15 is 0 Å². The Morgan fingerprint density at radius 3 is 2.75 bits per heavy atom. The molecule has 3 aromatic rings. The normalized spacial score (nSPS) is 10.5. The first-order chi connectivity index (χ1) is 15.5. The number of hydrogen-bond donors (Lipinski definition) is 1. The highest BCUT2D eigenvalue weighted by Gasteiger charge is 2.09. The summed E-state index contributed by atoms with van der Waals surface area (Å²) in [6.07, 6.45) is 3.67. The van der Waals surface area contributed by atoms with E-state index in [1.54, 1.807) is 25.1 Å². The number of fused-ring (bicyclic) bond motifs is 1. The molecule has 172 valence electrons. The summed E-state index contributed by atoms with van der Waals surface area (Å²) in [5.74, 6) is 2.28. The predicted octanol–water partition coefficient (Wildman–Crippen LogP) is 6.32. The predicted molar refractivity (Wildman–Crippen MR) is 130 cm³/mol. The molecule has 3 rings (SSSR count). The number of nitrogens with one attached hydrogen (secondary N) is 1. The van der Waals surface area contributed by atoms with Gasteiger partial charge in [0.2, 0.25) is 0 Å². The minimum absolute atomic E-state index is 0.633. The second kappa shape index (κ2) is 14.3. The Morgan fingerprint density at radius 2 is 2.03 bits per heavy atom. The lowest BCUT2D eigenvalue weighted by Gasteiger charge is -2.11. The van der Waals surface area contributed by atoms with Gasteiger partial charge in [0.15, 0.2) is 5.16 Å². The quantitative estimate of drug-likeness (QED) is 0.119. The molecular weight excluding hydrogens is 424 g/mol. The molecule has 8 nitrogen and oxygen atoms in total. The molecule has 0 fully saturated rings. The Labute approximate surface area is 193 Å². The third-order valence-electron chi connectivity index (χ3n) is 4.59. The molecule has 0 saturated heterocycles. The molecule has 1 N–H and O–H groups in total. The Morgan fingerprint density at radius 1 is 1.22 bits per heavy atom. The fraction of sp³-hybridized carbons (Fsp3) is 0.478. The number of para-hydroxylation sites is 2. The smallest absolute Gasteiger partial charge is 0.166 e. The number of methoxy groups -OCH3 is 1. The number of ether oxygens (including phenoxy) is 2. The highest BCUT2D eigenvalue weighted by Crippen LogP contribution is 2.27. The van der Waals surface area contributed by atoms with Crippen molar-refractivity contribution in [1.82, 2.24) is 15.0 Å². The number of benzene rings is 1. The Bertz CT molecular complexity index is 968. The van der Waals surface area contributed by atoms with Gasteiger partial charge >= 0.3 is 0 Å². The van der Waals surface area contributed by atoms with Gasteiger partial charge in [-0.05, 0) is 43.0 Å². The van der Waals surface area contributed by atoms with Gasteiger partial charge in [-0.1, -0.05) is 42.9 Å². The SMILES string of the molecule is CC(C)CCN=[N+]=[N-].COCCCOc1ccnc(CSc2nc3ccccc3[nH]2)c1C. The Kier molecular flexibility index (Phi) is 11.4. The van der Waals surface area contributed by atoms with E-state index in [1.165, 1.54) is 0 Å². The summed E-state index contributed by atoms with van der Waals surface area (Å²) in [5, 5.41) is 4.30. The molecule has 2 aromatic heterocycles. The van der Waals surface area contributed by atoms with Crippen molar-refractivity contribution in [2.75, 3.05) is 26.9 Å². The third-order valence-corrected chi connectivity index (χ3v) is 5.48. The molecule has 0 atom stereocenters. The minimum Gasteiger partial charge on any atom is -0.493 e. The summed E-state index contributed by atoms with van der Waals surface area (Å²) in [4.78, 5) is 15.0. The zero-order valence-electron chi connectivity index (χ0n) is 19.2. The number of thioether (sulfide) groups is 1. The van der Waals surface area contributed by atoms with Gasteiger partial charge in [-0.3, -0.25) is 4.98 Å². The average Bonchev–Trinajstić information content (AvgIpc) is 3.20. The third kappa shape index (κ3) is 8.78. The first kappa shape index (κ1) is 25.5. The van der Waals surface area contributed by atoms with Crippen LogP contribution in [0.1, 0.15) is 37.9 Å². The largest absolute Gasteiger partial charge is 0.493 e. The van der Waals surface area contributed by atoms with Crippen LogP contribution in [0.2, 0.25) is 0 Å². The lowest BCUT2D eigenvalue weighted by Crippen LogP contribution is -2.04. The monoisotopic (exact) mass is 456 g/mol. The van der Waals surface area contributed by atoms with E-state index in [2.05, 4.69) is 38.8 Å². The van der Waals surface area contributed by atoms with Crippen LogP contribution in [0.5, 0.6) is 5.75 Å². The molecule has 0 aliphatic carbocycles. The zero-order chi connectivity index (χ0) is 23.2. The average molecular weight is 457 g/mol. The Balaban J connectivity index is 0.000000390. The van der Waals surface area contributed by atoms with Gasteiger partial charge in [-0.2, -0.15) is 0 Å². The van der Waals surface area contributed by atoms with E-state index in [0.29, 0.717) is 25.7 Å². The summed E-state index contributed by atoms with van der Waals surface area (Å²) in [6.45, 7) is 8.24. The highest BCUT2D eigenvalue weighted by molar-refractivity contribution is 7.98. The molecule has 0 radical (unpaired) electrons. The van der Waals surface area contributed by atoms with Crippen LogP contribution in [-0.4, -0.2) is 41.8 Å². The van der Waals surface area contributed by atoms with Crippen LogP contribution in [0.3, 0.4) is 0 Å². The molecule has 0 spiro atoms. The van der Waals surface area contributed by atoms with Crippen LogP contribution >= 0.6 is 11.8 Å². The zero-order valence-corrected chi connectivity index (χ0v) is 20.1. The van der Waals surface area contributed by atoms with Crippen molar-refractivity contribution in [3.05, 3.63) is 58.2 Å². The van der Waals surface area contributed by atoms with Gasteiger partial charge in [0.25, 0.3) is 0 Å². The van der Waals surface area contributed by atoms with Gasteiger partial charge < -0.3 is 14.5 Å². The molecule has 32 heavy (non-hydrogen) atoms. The summed E-state index contributed by atoms with van der Waals surface area (Å²) in [7, 11) is 1.70. The Hall–Kier alpha value is -2.74. The van der Waals surface area contributed by atoms with E-state index in [0.717, 1.165) is 51.8 Å². The second-order valence-electron chi connectivity index (χ2n) is 7.56. The van der Waals surface area contributed by atoms with Crippen molar-refractivity contribution in [2.24, 2.45) is 11.0 Å². The number of hydrogen-bond acceptors (Lipinski definition) is 6. The van der Waals surface area contributed by atoms with Gasteiger partial charge in [0.05, 0.1) is 23.3 Å². The maximum Gasteiger partial charge on any atom is 0.166 e. The molecule has 0 aliphatic heterocycles. The van der Waals surface area contributed by atoms with Gasteiger partial charge in [-0.15, -0.1) is 0 Å². The molecule has 1 aromatic carbocycles. The number of aromatic nitrogens is 3. The first-order valence-electron chi connectivity index (χ1n) is 10.7. The standard InChI is InChI=1S/C18H21N3O2S.C5H11N3/c1-13-16(19-9-8-17(13)23-11-5-10-22-2)12-24-18-20-14-6-3-4-7-15(14)21-18;1-5(2)3-4-7-8-6/h3-4,6-9H,5,10-12H2,1-2H3,(H,20,21);5H,3-4H2,1-2H3. The number of nitrogens with zero attached hydrogens (tertiary/aromatic N) is 5. The number of rotatable bonds is 11. The van der Waals surface area contributed by atoms with E-state index in [9.17, 15) is 0 Å². The molecule has 9 heteroatoms. The summed E-state index contributed by atoms with van der Waals surface area (Å²) in [6, 6.07) is 9.95. The van der Waals surface area contributed by atoms with Crippen LogP contribution in [-0.2, 0) is 10.5 Å². The molecule has 0 saturated carbocycles. The number of imidazole rings is 1. The molecule has 2 heterocycles. The van der Waals surface area contributed by atoms with Gasteiger partial charge in [0.1, 0.15) is 5.75 Å². The summed E-state index contributed by atoms with van der Waals surface area (Å²) in [5.41, 5.74) is 12.0. The van der Waals surface area contributed by atoms with Crippen molar-refractivity contribution in [2.45, 2.75) is 44.5 Å². The van der Waals surface area contributed by atoms with Crippen molar-refractivity contribution in [3.8, 4) is 5.75 Å². The van der Waals surface area contributed by atoms with E-state index < -0.39 is 0 Å². The van der Waals surface area contributed by atoms with E-state index in [4.69, 9.17) is 15.0 Å². The lowest BCUT2D eigenvalue weighted by molar-refractivity contribution is 0.172. The van der Waals surface area contributed by atoms with Crippen LogP contribution < -0.4 is 4.74 Å². The number of H-pyrrole nitrogens is 1. The van der Waals surface area contributed by atoms with E-state index in [1.807, 2.05) is 37.3 Å². The summed E-state index contributed by atoms with van der Waals surface area (Å²) >= 11 is 1.65. The van der Waals surface area contributed by atoms with E-state index in [-0.39, 0.29) is 0 Å². The molecular formula is C23H32N6O2S. The van der Waals surface area contributed by atoms with Crippen LogP contribution in [0.15, 0.2) is 46.8 Å². The van der Waals surface area contributed by atoms with Crippen molar-refractivity contribution >= 4 is 22.8 Å².